The summed E-state index contributed by atoms with van der Waals surface area (Å²) in [5.74, 6) is -1.21. The van der Waals surface area contributed by atoms with E-state index in [0.717, 1.165) is 19.6 Å². The first-order chi connectivity index (χ1) is 12.9. The minimum Gasteiger partial charge on any atom is -0.350 e. The number of carbonyl (C=O) groups excluding carboxylic acids is 2. The van der Waals surface area contributed by atoms with Crippen LogP contribution in [-0.2, 0) is 9.59 Å². The molecule has 2 saturated heterocycles. The Hall–Kier alpha value is -1.95. The molecule has 1 atom stereocenters. The number of anilines is 1. The molecule has 148 valence electrons. The van der Waals surface area contributed by atoms with Gasteiger partial charge in [0.15, 0.2) is 0 Å². The van der Waals surface area contributed by atoms with Crippen molar-refractivity contribution in [3.63, 3.8) is 0 Å². The summed E-state index contributed by atoms with van der Waals surface area (Å²) in [5, 5.41) is 3.12. The van der Waals surface area contributed by atoms with Gasteiger partial charge in [0.1, 0.15) is 5.82 Å². The first kappa shape index (κ1) is 19.8. The zero-order valence-electron chi connectivity index (χ0n) is 16.3. The van der Waals surface area contributed by atoms with Gasteiger partial charge in [-0.15, -0.1) is 0 Å². The molecule has 2 heterocycles. The van der Waals surface area contributed by atoms with E-state index in [9.17, 15) is 14.0 Å². The SMILES string of the molecule is CC(C)(CN1CCCCCC1)NC(=O)C1CC(=O)N(c2ccccc2F)C1. The lowest BCUT2D eigenvalue weighted by molar-refractivity contribution is -0.127. The number of nitrogens with zero attached hydrogens (tertiary/aromatic N) is 2. The number of rotatable bonds is 5. The first-order valence-electron chi connectivity index (χ1n) is 9.95. The minimum atomic E-state index is -0.444. The molecule has 0 saturated carbocycles. The second-order valence-electron chi connectivity index (χ2n) is 8.42. The van der Waals surface area contributed by atoms with Crippen LogP contribution in [0.4, 0.5) is 10.1 Å². The molecule has 1 aromatic rings. The van der Waals surface area contributed by atoms with E-state index < -0.39 is 11.7 Å². The van der Waals surface area contributed by atoms with Gasteiger partial charge in [0.05, 0.1) is 11.6 Å². The summed E-state index contributed by atoms with van der Waals surface area (Å²) >= 11 is 0. The monoisotopic (exact) mass is 375 g/mol. The van der Waals surface area contributed by atoms with Crippen LogP contribution in [0.2, 0.25) is 0 Å². The molecule has 0 bridgehead atoms. The van der Waals surface area contributed by atoms with Crippen molar-refractivity contribution < 1.29 is 14.0 Å². The molecular weight excluding hydrogens is 345 g/mol. The number of hydrogen-bond donors (Lipinski definition) is 1. The predicted octanol–water partition coefficient (Wildman–Crippen LogP) is 2.95. The van der Waals surface area contributed by atoms with Crippen LogP contribution in [0.3, 0.4) is 0 Å². The number of benzene rings is 1. The quantitative estimate of drug-likeness (QED) is 0.861. The molecule has 0 aliphatic carbocycles. The number of para-hydroxylation sites is 1. The van der Waals surface area contributed by atoms with Crippen molar-refractivity contribution in [2.75, 3.05) is 31.1 Å². The summed E-state index contributed by atoms with van der Waals surface area (Å²) in [7, 11) is 0. The fourth-order valence-electron chi connectivity index (χ4n) is 4.12. The smallest absolute Gasteiger partial charge is 0.227 e. The topological polar surface area (TPSA) is 52.7 Å². The Morgan fingerprint density at radius 3 is 2.52 bits per heavy atom. The molecule has 27 heavy (non-hydrogen) atoms. The maximum absolute atomic E-state index is 14.0. The summed E-state index contributed by atoms with van der Waals surface area (Å²) in [4.78, 5) is 28.9. The van der Waals surface area contributed by atoms with Crippen LogP contribution in [0.25, 0.3) is 0 Å². The Labute approximate surface area is 160 Å². The van der Waals surface area contributed by atoms with Gasteiger partial charge in [-0.05, 0) is 51.9 Å². The average Bonchev–Trinajstić information content (AvgIpc) is 2.81. The summed E-state index contributed by atoms with van der Waals surface area (Å²) in [6.07, 6.45) is 5.09. The van der Waals surface area contributed by atoms with Gasteiger partial charge in [-0.1, -0.05) is 25.0 Å². The number of hydrogen-bond acceptors (Lipinski definition) is 3. The molecule has 2 aliphatic heterocycles. The highest BCUT2D eigenvalue weighted by Gasteiger charge is 2.38. The van der Waals surface area contributed by atoms with Crippen molar-refractivity contribution in [2.24, 2.45) is 5.92 Å². The van der Waals surface area contributed by atoms with Crippen LogP contribution in [0.15, 0.2) is 24.3 Å². The van der Waals surface area contributed by atoms with Crippen LogP contribution in [0.1, 0.15) is 46.0 Å². The van der Waals surface area contributed by atoms with Crippen LogP contribution in [0.5, 0.6) is 0 Å². The molecule has 5 nitrogen and oxygen atoms in total. The molecule has 3 rings (SSSR count). The maximum Gasteiger partial charge on any atom is 0.227 e. The fraction of sp³-hybridized carbons (Fsp3) is 0.619. The molecule has 2 fully saturated rings. The zero-order valence-corrected chi connectivity index (χ0v) is 16.3. The summed E-state index contributed by atoms with van der Waals surface area (Å²) in [6.45, 7) is 7.23. The van der Waals surface area contributed by atoms with Crippen LogP contribution >= 0.6 is 0 Å². The number of amides is 2. The van der Waals surface area contributed by atoms with Gasteiger partial charge in [-0.3, -0.25) is 9.59 Å². The van der Waals surface area contributed by atoms with Crippen molar-refractivity contribution in [3.8, 4) is 0 Å². The molecule has 2 aliphatic rings. The van der Waals surface area contributed by atoms with E-state index in [1.165, 1.54) is 36.6 Å². The van der Waals surface area contributed by atoms with Crippen molar-refractivity contribution in [2.45, 2.75) is 51.5 Å². The largest absolute Gasteiger partial charge is 0.350 e. The Bertz CT molecular complexity index is 684. The third kappa shape index (κ3) is 5.06. The van der Waals surface area contributed by atoms with Gasteiger partial charge in [0.2, 0.25) is 11.8 Å². The lowest BCUT2D eigenvalue weighted by Gasteiger charge is -2.33. The normalized spacial score (nSPS) is 22.0. The van der Waals surface area contributed by atoms with Gasteiger partial charge >= 0.3 is 0 Å². The summed E-state index contributed by atoms with van der Waals surface area (Å²) in [6, 6.07) is 6.20. The molecule has 0 aromatic heterocycles. The number of nitrogens with one attached hydrogen (secondary N) is 1. The van der Waals surface area contributed by atoms with Crippen molar-refractivity contribution in [1.29, 1.82) is 0 Å². The summed E-state index contributed by atoms with van der Waals surface area (Å²) in [5.41, 5.74) is -0.114. The van der Waals surface area contributed by atoms with Crippen LogP contribution in [-0.4, -0.2) is 48.4 Å². The van der Waals surface area contributed by atoms with Gasteiger partial charge in [-0.25, -0.2) is 4.39 Å². The highest BCUT2D eigenvalue weighted by atomic mass is 19.1. The van der Waals surface area contributed by atoms with Gasteiger partial charge in [0, 0.05) is 25.0 Å². The van der Waals surface area contributed by atoms with Gasteiger partial charge in [0.25, 0.3) is 0 Å². The molecule has 6 heteroatoms. The van der Waals surface area contributed by atoms with Crippen LogP contribution < -0.4 is 10.2 Å². The zero-order chi connectivity index (χ0) is 19.4. The Morgan fingerprint density at radius 2 is 1.85 bits per heavy atom. The standard InChI is InChI=1S/C21H30FN3O2/c1-21(2,15-24-11-7-3-4-8-12-24)23-20(27)16-13-19(26)25(14-16)18-10-6-5-9-17(18)22/h5-6,9-10,16H,3-4,7-8,11-15H2,1-2H3,(H,23,27). The van der Waals surface area contributed by atoms with E-state index in [-0.39, 0.29) is 36.0 Å². The number of halogens is 1. The summed E-state index contributed by atoms with van der Waals surface area (Å²) < 4.78 is 14.0. The van der Waals surface area contributed by atoms with Crippen LogP contribution in [0, 0.1) is 11.7 Å². The molecule has 1 N–H and O–H groups in total. The van der Waals surface area contributed by atoms with Gasteiger partial charge < -0.3 is 15.1 Å². The number of likely N-dealkylation sites (tertiary alicyclic amines) is 1. The third-order valence-electron chi connectivity index (χ3n) is 5.42. The van der Waals surface area contributed by atoms with Crippen molar-refractivity contribution in [3.05, 3.63) is 30.1 Å². The fourth-order valence-corrected chi connectivity index (χ4v) is 4.12. The average molecular weight is 375 g/mol. The Morgan fingerprint density at radius 1 is 1.19 bits per heavy atom. The molecule has 1 aromatic carbocycles. The van der Waals surface area contributed by atoms with Crippen molar-refractivity contribution >= 4 is 17.5 Å². The molecule has 0 radical (unpaired) electrons. The highest BCUT2D eigenvalue weighted by Crippen LogP contribution is 2.27. The third-order valence-corrected chi connectivity index (χ3v) is 5.42. The maximum atomic E-state index is 14.0. The lowest BCUT2D eigenvalue weighted by Crippen LogP contribution is -2.53. The highest BCUT2D eigenvalue weighted by molar-refractivity contribution is 6.00. The van der Waals surface area contributed by atoms with E-state index in [1.54, 1.807) is 18.2 Å². The molecule has 2 amide bonds. The van der Waals surface area contributed by atoms with E-state index in [2.05, 4.69) is 10.2 Å². The van der Waals surface area contributed by atoms with E-state index in [1.807, 2.05) is 13.8 Å². The lowest BCUT2D eigenvalue weighted by atomic mass is 10.0. The molecular formula is C21H30FN3O2. The van der Waals surface area contributed by atoms with E-state index in [4.69, 9.17) is 0 Å². The number of carbonyl (C=O) groups is 2. The van der Waals surface area contributed by atoms with E-state index >= 15 is 0 Å². The van der Waals surface area contributed by atoms with E-state index in [0.29, 0.717) is 0 Å². The second kappa shape index (κ2) is 8.38. The molecule has 1 unspecified atom stereocenters. The minimum absolute atomic E-state index is 0.123. The molecule has 0 spiro atoms. The Kier molecular flexibility index (Phi) is 6.15. The Balaban J connectivity index is 1.59. The van der Waals surface area contributed by atoms with Crippen molar-refractivity contribution in [1.82, 2.24) is 10.2 Å². The van der Waals surface area contributed by atoms with Gasteiger partial charge in [-0.2, -0.15) is 0 Å². The predicted molar refractivity (Wildman–Crippen MR) is 104 cm³/mol. The second-order valence-corrected chi connectivity index (χ2v) is 8.42. The first-order valence-corrected chi connectivity index (χ1v) is 9.95.